The summed E-state index contributed by atoms with van der Waals surface area (Å²) in [7, 11) is -4.05. The van der Waals surface area contributed by atoms with Crippen LogP contribution in [-0.4, -0.2) is 27.5 Å². The molecule has 8 heteroatoms. The van der Waals surface area contributed by atoms with Crippen molar-refractivity contribution in [3.05, 3.63) is 29.6 Å². The van der Waals surface area contributed by atoms with Gasteiger partial charge in [0.1, 0.15) is 0 Å². The Kier molecular flexibility index (Phi) is 4.12. The topological polar surface area (TPSA) is 58.2 Å². The van der Waals surface area contributed by atoms with E-state index in [1.165, 1.54) is 0 Å². The van der Waals surface area contributed by atoms with Crippen LogP contribution in [0.1, 0.15) is 12.8 Å². The predicted molar refractivity (Wildman–Crippen MR) is 62.5 cm³/mol. The number of nitrogens with one attached hydrogen (secondary N) is 2. The Labute approximate surface area is 109 Å². The third-order valence-corrected chi connectivity index (χ3v) is 4.35. The highest BCUT2D eigenvalue weighted by atomic mass is 32.2. The van der Waals surface area contributed by atoms with E-state index in [1.807, 2.05) is 0 Å². The molecule has 1 unspecified atom stereocenters. The molecule has 0 radical (unpaired) electrons. The van der Waals surface area contributed by atoms with E-state index in [0.717, 1.165) is 19.4 Å². The van der Waals surface area contributed by atoms with Crippen molar-refractivity contribution in [2.45, 2.75) is 23.8 Å². The molecule has 1 heterocycles. The fourth-order valence-corrected chi connectivity index (χ4v) is 3.02. The summed E-state index contributed by atoms with van der Waals surface area (Å²) in [5, 5.41) is 3.08. The maximum Gasteiger partial charge on any atom is 0.240 e. The van der Waals surface area contributed by atoms with E-state index in [4.69, 9.17) is 0 Å². The molecule has 1 atom stereocenters. The minimum Gasteiger partial charge on any atom is -0.313 e. The van der Waals surface area contributed by atoms with Crippen molar-refractivity contribution in [1.29, 1.82) is 0 Å². The summed E-state index contributed by atoms with van der Waals surface area (Å²) in [4.78, 5) is -0.623. The lowest BCUT2D eigenvalue weighted by Crippen LogP contribution is -2.37. The molecule has 1 aliphatic heterocycles. The highest BCUT2D eigenvalue weighted by Crippen LogP contribution is 2.17. The summed E-state index contributed by atoms with van der Waals surface area (Å²) in [6.45, 7) is 0.940. The Morgan fingerprint density at radius 1 is 1.26 bits per heavy atom. The number of sulfonamides is 1. The first-order valence-corrected chi connectivity index (χ1v) is 7.26. The van der Waals surface area contributed by atoms with Gasteiger partial charge in [-0.25, -0.2) is 26.3 Å². The normalized spacial score (nSPS) is 19.8. The summed E-state index contributed by atoms with van der Waals surface area (Å²) in [5.41, 5.74) is 0. The van der Waals surface area contributed by atoms with Gasteiger partial charge in [-0.05, 0) is 31.5 Å². The van der Waals surface area contributed by atoms with Gasteiger partial charge in [0.2, 0.25) is 10.0 Å². The van der Waals surface area contributed by atoms with Crippen molar-refractivity contribution in [1.82, 2.24) is 10.0 Å². The number of hydrogen-bond acceptors (Lipinski definition) is 3. The monoisotopic (exact) mass is 294 g/mol. The summed E-state index contributed by atoms with van der Waals surface area (Å²) >= 11 is 0. The molecule has 106 valence electrons. The molecule has 4 nitrogen and oxygen atoms in total. The molecule has 1 saturated heterocycles. The van der Waals surface area contributed by atoms with Crippen molar-refractivity contribution in [3.8, 4) is 0 Å². The minimum atomic E-state index is -4.05. The van der Waals surface area contributed by atoms with E-state index in [1.54, 1.807) is 0 Å². The van der Waals surface area contributed by atoms with Gasteiger partial charge in [0.05, 0.1) is 4.90 Å². The summed E-state index contributed by atoms with van der Waals surface area (Å²) < 4.78 is 64.6. The molecule has 0 amide bonds. The van der Waals surface area contributed by atoms with Crippen LogP contribution in [0.3, 0.4) is 0 Å². The maximum atomic E-state index is 13.0. The van der Waals surface area contributed by atoms with Crippen LogP contribution >= 0.6 is 0 Å². The summed E-state index contributed by atoms with van der Waals surface area (Å²) in [6.07, 6.45) is 1.78. The second-order valence-electron chi connectivity index (χ2n) is 4.35. The molecule has 2 rings (SSSR count). The highest BCUT2D eigenvalue weighted by molar-refractivity contribution is 7.89. The van der Waals surface area contributed by atoms with Crippen molar-refractivity contribution >= 4 is 10.0 Å². The summed E-state index contributed by atoms with van der Waals surface area (Å²) in [5.74, 6) is -4.74. The fraction of sp³-hybridized carbons (Fsp3) is 0.455. The third kappa shape index (κ3) is 3.26. The Balaban J connectivity index is 2.14. The molecule has 1 aliphatic rings. The van der Waals surface area contributed by atoms with Crippen LogP contribution in [-0.2, 0) is 10.0 Å². The van der Waals surface area contributed by atoms with Gasteiger partial charge in [-0.15, -0.1) is 0 Å². The average Bonchev–Trinajstić information content (AvgIpc) is 2.86. The zero-order valence-electron chi connectivity index (χ0n) is 9.92. The molecule has 0 aromatic heterocycles. The van der Waals surface area contributed by atoms with Crippen LogP contribution in [0, 0.1) is 17.5 Å². The van der Waals surface area contributed by atoms with E-state index >= 15 is 0 Å². The Morgan fingerprint density at radius 3 is 2.42 bits per heavy atom. The predicted octanol–water partition coefficient (Wildman–Crippen LogP) is 1.13. The SMILES string of the molecule is O=S(=O)(NCC1CCCN1)c1cc(F)c(F)c(F)c1. The highest BCUT2D eigenvalue weighted by Gasteiger charge is 2.22. The van der Waals surface area contributed by atoms with Crippen LogP contribution in [0.4, 0.5) is 13.2 Å². The largest absolute Gasteiger partial charge is 0.313 e. The van der Waals surface area contributed by atoms with E-state index in [9.17, 15) is 21.6 Å². The van der Waals surface area contributed by atoms with Gasteiger partial charge in [0.25, 0.3) is 0 Å². The number of halogens is 3. The quantitative estimate of drug-likeness (QED) is 0.819. The van der Waals surface area contributed by atoms with Crippen LogP contribution < -0.4 is 10.0 Å². The molecule has 1 aromatic carbocycles. The van der Waals surface area contributed by atoms with Gasteiger partial charge in [-0.3, -0.25) is 0 Å². The average molecular weight is 294 g/mol. The van der Waals surface area contributed by atoms with Gasteiger partial charge in [-0.1, -0.05) is 0 Å². The Bertz CT molecular complexity index is 548. The van der Waals surface area contributed by atoms with Gasteiger partial charge in [0.15, 0.2) is 17.5 Å². The molecule has 2 N–H and O–H groups in total. The first-order valence-electron chi connectivity index (χ1n) is 5.78. The molecular formula is C11H13F3N2O2S. The van der Waals surface area contributed by atoms with Gasteiger partial charge < -0.3 is 5.32 Å². The first-order chi connectivity index (χ1) is 8.90. The van der Waals surface area contributed by atoms with E-state index < -0.39 is 32.4 Å². The summed E-state index contributed by atoms with van der Waals surface area (Å²) in [6, 6.07) is 0.927. The van der Waals surface area contributed by atoms with Crippen LogP contribution in [0.25, 0.3) is 0 Å². The van der Waals surface area contributed by atoms with Crippen LogP contribution in [0.5, 0.6) is 0 Å². The number of hydrogen-bond donors (Lipinski definition) is 2. The van der Waals surface area contributed by atoms with Gasteiger partial charge >= 0.3 is 0 Å². The molecule has 1 aromatic rings. The van der Waals surface area contributed by atoms with Crippen molar-refractivity contribution in [3.63, 3.8) is 0 Å². The fourth-order valence-electron chi connectivity index (χ4n) is 1.91. The molecule has 0 spiro atoms. The van der Waals surface area contributed by atoms with E-state index in [0.29, 0.717) is 12.1 Å². The second-order valence-corrected chi connectivity index (χ2v) is 6.11. The van der Waals surface area contributed by atoms with Gasteiger partial charge in [-0.2, -0.15) is 0 Å². The van der Waals surface area contributed by atoms with Crippen LogP contribution in [0.2, 0.25) is 0 Å². The Hall–Kier alpha value is -1.12. The zero-order chi connectivity index (χ0) is 14.0. The van der Waals surface area contributed by atoms with Gasteiger partial charge in [0, 0.05) is 12.6 Å². The Morgan fingerprint density at radius 2 is 1.89 bits per heavy atom. The van der Waals surface area contributed by atoms with E-state index in [-0.39, 0.29) is 12.6 Å². The van der Waals surface area contributed by atoms with Crippen LogP contribution in [0.15, 0.2) is 17.0 Å². The number of rotatable bonds is 4. The maximum absolute atomic E-state index is 13.0. The lowest BCUT2D eigenvalue weighted by Gasteiger charge is -2.12. The van der Waals surface area contributed by atoms with Crippen molar-refractivity contribution in [2.24, 2.45) is 0 Å². The molecule has 19 heavy (non-hydrogen) atoms. The van der Waals surface area contributed by atoms with E-state index in [2.05, 4.69) is 10.0 Å². The molecule has 0 saturated carbocycles. The first kappa shape index (κ1) is 14.3. The van der Waals surface area contributed by atoms with Crippen molar-refractivity contribution < 1.29 is 21.6 Å². The third-order valence-electron chi connectivity index (χ3n) is 2.95. The molecular weight excluding hydrogens is 281 g/mol. The van der Waals surface area contributed by atoms with Crippen molar-refractivity contribution in [2.75, 3.05) is 13.1 Å². The molecule has 0 bridgehead atoms. The zero-order valence-corrected chi connectivity index (χ0v) is 10.7. The number of benzene rings is 1. The minimum absolute atomic E-state index is 0.00455. The smallest absolute Gasteiger partial charge is 0.240 e. The second kappa shape index (κ2) is 5.48. The molecule has 0 aliphatic carbocycles. The lowest BCUT2D eigenvalue weighted by molar-refractivity contribution is 0.442. The molecule has 1 fully saturated rings. The standard InChI is InChI=1S/C11H13F3N2O2S/c12-9-4-8(5-10(13)11(9)14)19(17,18)16-6-7-2-1-3-15-7/h4-5,7,15-16H,1-3,6H2. The lowest BCUT2D eigenvalue weighted by atomic mass is 10.2.